The summed E-state index contributed by atoms with van der Waals surface area (Å²) in [5.74, 6) is 0. The Labute approximate surface area is 119 Å². The zero-order valence-corrected chi connectivity index (χ0v) is 11.7. The monoisotopic (exact) mass is 273 g/mol. The fraction of sp³-hybridized carbons (Fsp3) is 0.333. The van der Waals surface area contributed by atoms with E-state index in [-0.39, 0.29) is 10.6 Å². The summed E-state index contributed by atoms with van der Waals surface area (Å²) in [5.41, 5.74) is 2.33. The van der Waals surface area contributed by atoms with E-state index in [1.807, 2.05) is 30.2 Å². The van der Waals surface area contributed by atoms with Gasteiger partial charge in [0, 0.05) is 37.5 Å². The zero-order valence-electron chi connectivity index (χ0n) is 11.7. The van der Waals surface area contributed by atoms with Crippen LogP contribution in [-0.2, 0) is 6.42 Å². The highest BCUT2D eigenvalue weighted by Gasteiger charge is 2.21. The van der Waals surface area contributed by atoms with Crippen LogP contribution in [0.15, 0.2) is 43.3 Å². The first kappa shape index (κ1) is 14.1. The molecule has 1 aliphatic heterocycles. The molecule has 0 atom stereocenters. The summed E-state index contributed by atoms with van der Waals surface area (Å²) in [6.07, 6.45) is 6.66. The van der Waals surface area contributed by atoms with E-state index in [4.69, 9.17) is 0 Å². The van der Waals surface area contributed by atoms with Crippen molar-refractivity contribution in [2.24, 2.45) is 0 Å². The quantitative estimate of drug-likeness (QED) is 0.590. The molecule has 1 aliphatic rings. The Bertz CT molecular complexity index is 540. The normalized spacial score (nSPS) is 13.6. The van der Waals surface area contributed by atoms with E-state index in [0.717, 1.165) is 31.7 Å². The lowest BCUT2D eigenvalue weighted by Crippen LogP contribution is -2.29. The molecular formula is C15H19N3O2. The number of non-ortho nitro benzene ring substituents is 1. The van der Waals surface area contributed by atoms with E-state index in [0.29, 0.717) is 0 Å². The molecular weight excluding hydrogens is 254 g/mol. The molecule has 0 saturated heterocycles. The van der Waals surface area contributed by atoms with Gasteiger partial charge in [-0.2, -0.15) is 0 Å². The maximum atomic E-state index is 10.9. The van der Waals surface area contributed by atoms with E-state index in [1.165, 1.54) is 5.56 Å². The molecule has 2 rings (SSSR count). The van der Waals surface area contributed by atoms with Crippen molar-refractivity contribution in [3.05, 3.63) is 58.9 Å². The van der Waals surface area contributed by atoms with Gasteiger partial charge in [-0.15, -0.1) is 0 Å². The van der Waals surface area contributed by atoms with Gasteiger partial charge in [-0.05, 0) is 31.3 Å². The Morgan fingerprint density at radius 2 is 2.35 bits per heavy atom. The number of hydrogen-bond acceptors (Lipinski definition) is 4. The molecule has 5 nitrogen and oxygen atoms in total. The van der Waals surface area contributed by atoms with Crippen LogP contribution in [0.4, 0.5) is 11.4 Å². The Morgan fingerprint density at radius 3 is 3.00 bits per heavy atom. The molecule has 1 heterocycles. The molecule has 0 aromatic heterocycles. The zero-order chi connectivity index (χ0) is 14.5. The number of allylic oxidation sites excluding steroid dienone is 1. The molecule has 1 aromatic rings. The van der Waals surface area contributed by atoms with E-state index in [9.17, 15) is 10.1 Å². The third-order valence-corrected chi connectivity index (χ3v) is 3.47. The Hall–Kier alpha value is -2.30. The molecule has 0 spiro atoms. The van der Waals surface area contributed by atoms with Crippen LogP contribution in [0.2, 0.25) is 0 Å². The second-order valence-electron chi connectivity index (χ2n) is 4.71. The first-order chi connectivity index (χ1) is 9.65. The third-order valence-electron chi connectivity index (χ3n) is 3.47. The van der Waals surface area contributed by atoms with Crippen LogP contribution < -0.4 is 4.90 Å². The number of nitro benzene ring substituents is 1. The van der Waals surface area contributed by atoms with Crippen molar-refractivity contribution in [1.29, 1.82) is 0 Å². The lowest BCUT2D eigenvalue weighted by Gasteiger charge is -2.23. The van der Waals surface area contributed by atoms with Crippen molar-refractivity contribution in [3.63, 3.8) is 0 Å². The van der Waals surface area contributed by atoms with Crippen LogP contribution in [-0.4, -0.2) is 29.5 Å². The summed E-state index contributed by atoms with van der Waals surface area (Å²) in [5, 5.41) is 10.9. The molecule has 0 saturated carbocycles. The topological polar surface area (TPSA) is 49.6 Å². The molecule has 0 N–H and O–H groups in total. The largest absolute Gasteiger partial charge is 0.369 e. The molecule has 0 aliphatic carbocycles. The smallest absolute Gasteiger partial charge is 0.271 e. The van der Waals surface area contributed by atoms with Crippen LogP contribution in [0.5, 0.6) is 0 Å². The van der Waals surface area contributed by atoms with Gasteiger partial charge in [0.15, 0.2) is 0 Å². The highest BCUT2D eigenvalue weighted by Crippen LogP contribution is 2.31. The first-order valence-electron chi connectivity index (χ1n) is 6.69. The number of hydrogen-bond donors (Lipinski definition) is 0. The van der Waals surface area contributed by atoms with Crippen molar-refractivity contribution in [2.45, 2.75) is 13.3 Å². The Balaban J connectivity index is 2.08. The molecule has 20 heavy (non-hydrogen) atoms. The standard InChI is InChI=1S/C15H19N3O2/c1-3-8-16(4-2)10-11-17-9-7-13-5-6-14(18(19)20)12-15(13)17/h3-6,8,12H,2,7,9-11H2,1H3/b8-3-. The van der Waals surface area contributed by atoms with E-state index in [2.05, 4.69) is 11.5 Å². The predicted octanol–water partition coefficient (Wildman–Crippen LogP) is 2.94. The minimum Gasteiger partial charge on any atom is -0.369 e. The minimum atomic E-state index is -0.341. The SMILES string of the molecule is C=CN(/C=C\C)CCN1CCc2ccc([N+](=O)[O-])cc21. The van der Waals surface area contributed by atoms with Gasteiger partial charge in [-0.25, -0.2) is 0 Å². The Kier molecular flexibility index (Phi) is 4.40. The second kappa shape index (κ2) is 6.23. The highest BCUT2D eigenvalue weighted by atomic mass is 16.6. The van der Waals surface area contributed by atoms with Crippen LogP contribution in [0, 0.1) is 10.1 Å². The van der Waals surface area contributed by atoms with Gasteiger partial charge < -0.3 is 9.80 Å². The summed E-state index contributed by atoms with van der Waals surface area (Å²) >= 11 is 0. The molecule has 0 radical (unpaired) electrons. The fourth-order valence-corrected chi connectivity index (χ4v) is 2.43. The van der Waals surface area contributed by atoms with Gasteiger partial charge in [0.25, 0.3) is 5.69 Å². The average molecular weight is 273 g/mol. The molecule has 5 heteroatoms. The predicted molar refractivity (Wildman–Crippen MR) is 80.7 cm³/mol. The van der Waals surface area contributed by atoms with Gasteiger partial charge >= 0.3 is 0 Å². The average Bonchev–Trinajstić information content (AvgIpc) is 2.85. The number of fused-ring (bicyclic) bond motifs is 1. The van der Waals surface area contributed by atoms with Crippen LogP contribution in [0.1, 0.15) is 12.5 Å². The van der Waals surface area contributed by atoms with Gasteiger partial charge in [0.1, 0.15) is 0 Å². The van der Waals surface area contributed by atoms with Crippen LogP contribution in [0.25, 0.3) is 0 Å². The van der Waals surface area contributed by atoms with Gasteiger partial charge in [0.2, 0.25) is 0 Å². The van der Waals surface area contributed by atoms with Gasteiger partial charge in [0.05, 0.1) is 4.92 Å². The number of nitro groups is 1. The van der Waals surface area contributed by atoms with Crippen molar-refractivity contribution >= 4 is 11.4 Å². The summed E-state index contributed by atoms with van der Waals surface area (Å²) in [6, 6.07) is 5.12. The minimum absolute atomic E-state index is 0.157. The van der Waals surface area contributed by atoms with Gasteiger partial charge in [-0.3, -0.25) is 10.1 Å². The molecule has 0 bridgehead atoms. The molecule has 0 amide bonds. The number of benzene rings is 1. The van der Waals surface area contributed by atoms with E-state index < -0.39 is 0 Å². The van der Waals surface area contributed by atoms with Crippen molar-refractivity contribution in [2.75, 3.05) is 24.5 Å². The lowest BCUT2D eigenvalue weighted by atomic mass is 10.1. The van der Waals surface area contributed by atoms with Crippen molar-refractivity contribution < 1.29 is 4.92 Å². The van der Waals surface area contributed by atoms with E-state index >= 15 is 0 Å². The van der Waals surface area contributed by atoms with E-state index in [1.54, 1.807) is 18.3 Å². The molecule has 1 aromatic carbocycles. The molecule has 0 unspecified atom stereocenters. The van der Waals surface area contributed by atoms with Crippen LogP contribution >= 0.6 is 0 Å². The second-order valence-corrected chi connectivity index (χ2v) is 4.71. The molecule has 0 fully saturated rings. The summed E-state index contributed by atoms with van der Waals surface area (Å²) in [6.45, 7) is 8.29. The highest BCUT2D eigenvalue weighted by molar-refractivity contribution is 5.62. The van der Waals surface area contributed by atoms with Gasteiger partial charge in [-0.1, -0.05) is 18.7 Å². The lowest BCUT2D eigenvalue weighted by molar-refractivity contribution is -0.384. The fourth-order valence-electron chi connectivity index (χ4n) is 2.43. The number of nitrogens with zero attached hydrogens (tertiary/aromatic N) is 3. The van der Waals surface area contributed by atoms with Crippen molar-refractivity contribution in [1.82, 2.24) is 4.90 Å². The Morgan fingerprint density at radius 1 is 1.55 bits per heavy atom. The van der Waals surface area contributed by atoms with Crippen LogP contribution in [0.3, 0.4) is 0 Å². The molecule has 106 valence electrons. The summed E-state index contributed by atoms with van der Waals surface area (Å²) < 4.78 is 0. The summed E-state index contributed by atoms with van der Waals surface area (Å²) in [4.78, 5) is 14.7. The maximum Gasteiger partial charge on any atom is 0.271 e. The number of anilines is 1. The maximum absolute atomic E-state index is 10.9. The third kappa shape index (κ3) is 2.99. The van der Waals surface area contributed by atoms with Crippen molar-refractivity contribution in [3.8, 4) is 0 Å². The number of rotatable bonds is 6. The first-order valence-corrected chi connectivity index (χ1v) is 6.69. The summed E-state index contributed by atoms with van der Waals surface area (Å²) in [7, 11) is 0.